The summed E-state index contributed by atoms with van der Waals surface area (Å²) < 4.78 is 0. The Kier molecular flexibility index (Phi) is 10.4. The zero-order chi connectivity index (χ0) is 27.8. The van der Waals surface area contributed by atoms with Gasteiger partial charge in [-0.05, 0) is 43.3 Å². The van der Waals surface area contributed by atoms with Crippen LogP contribution in [0.15, 0.2) is 47.3 Å². The molecule has 0 unspecified atom stereocenters. The summed E-state index contributed by atoms with van der Waals surface area (Å²) in [6.45, 7) is 5.21. The number of hydrogen-bond acceptors (Lipinski definition) is 6. The van der Waals surface area contributed by atoms with Crippen molar-refractivity contribution in [2.24, 2.45) is 0 Å². The summed E-state index contributed by atoms with van der Waals surface area (Å²) in [6, 6.07) is 12.3. The van der Waals surface area contributed by atoms with Crippen molar-refractivity contribution in [1.82, 2.24) is 15.2 Å². The van der Waals surface area contributed by atoms with Crippen molar-refractivity contribution in [1.29, 1.82) is 0 Å². The van der Waals surface area contributed by atoms with Gasteiger partial charge in [0.1, 0.15) is 5.69 Å². The molecule has 3 aromatic rings. The molecule has 1 aromatic heterocycles. The number of nitrogens with one attached hydrogen (secondary N) is 2. The number of aromatic nitrogens is 1. The van der Waals surface area contributed by atoms with Crippen LogP contribution in [0.25, 0.3) is 10.9 Å². The van der Waals surface area contributed by atoms with Crippen molar-refractivity contribution in [3.63, 3.8) is 0 Å². The third-order valence-electron chi connectivity index (χ3n) is 5.76. The molecule has 0 aliphatic carbocycles. The summed E-state index contributed by atoms with van der Waals surface area (Å²) in [5.74, 6) is -3.98. The molecule has 13 heteroatoms. The molecular weight excluding hydrogens is 559 g/mol. The summed E-state index contributed by atoms with van der Waals surface area (Å²) in [5, 5.41) is 19.4. The molecule has 1 saturated heterocycles. The molecule has 38 heavy (non-hydrogen) atoms. The molecule has 0 atom stereocenters. The molecule has 10 nitrogen and oxygen atoms in total. The quantitative estimate of drug-likeness (QED) is 0.255. The van der Waals surface area contributed by atoms with Crippen LogP contribution in [0.3, 0.4) is 0 Å². The summed E-state index contributed by atoms with van der Waals surface area (Å²) in [5.41, 5.74) is 1.47. The number of benzene rings is 2. The highest BCUT2D eigenvalue weighted by Crippen LogP contribution is 2.24. The number of fused-ring (bicyclic) bond motifs is 1. The molecule has 0 spiro atoms. The average molecular weight is 584 g/mol. The molecule has 2 heterocycles. The monoisotopic (exact) mass is 582 g/mol. The van der Waals surface area contributed by atoms with Gasteiger partial charge in [-0.3, -0.25) is 14.5 Å². The summed E-state index contributed by atoms with van der Waals surface area (Å²) >= 11 is 18.2. The number of aliphatic carboxylic acids is 2. The Morgan fingerprint density at radius 1 is 0.921 bits per heavy atom. The van der Waals surface area contributed by atoms with Crippen LogP contribution in [-0.2, 0) is 9.59 Å². The van der Waals surface area contributed by atoms with E-state index in [-0.39, 0.29) is 22.1 Å². The second-order valence-corrected chi connectivity index (χ2v) is 9.67. The average Bonchev–Trinajstić information content (AvgIpc) is 2.86. The summed E-state index contributed by atoms with van der Waals surface area (Å²) in [4.78, 5) is 50.8. The van der Waals surface area contributed by atoms with E-state index in [1.165, 1.54) is 12.1 Å². The fourth-order valence-electron chi connectivity index (χ4n) is 3.93. The van der Waals surface area contributed by atoms with Crippen LogP contribution in [0.1, 0.15) is 16.9 Å². The molecule has 1 amide bonds. The molecule has 4 N–H and O–H groups in total. The van der Waals surface area contributed by atoms with Crippen molar-refractivity contribution >= 4 is 69.2 Å². The van der Waals surface area contributed by atoms with Gasteiger partial charge < -0.3 is 25.4 Å². The third-order valence-corrected chi connectivity index (χ3v) is 6.51. The molecule has 1 fully saturated rings. The summed E-state index contributed by atoms with van der Waals surface area (Å²) in [6.07, 6.45) is 0.818. The fourth-order valence-corrected chi connectivity index (χ4v) is 4.70. The molecular formula is C25H25Cl3N4O6. The number of pyridine rings is 1. The minimum absolute atomic E-state index is 0.191. The number of carbonyl (C=O) groups is 3. The van der Waals surface area contributed by atoms with Crippen molar-refractivity contribution in [3.8, 4) is 0 Å². The maximum absolute atomic E-state index is 12.5. The van der Waals surface area contributed by atoms with Crippen LogP contribution < -0.4 is 15.6 Å². The normalized spacial score (nSPS) is 13.5. The summed E-state index contributed by atoms with van der Waals surface area (Å²) in [7, 11) is 0. The zero-order valence-corrected chi connectivity index (χ0v) is 22.3. The van der Waals surface area contributed by atoms with Crippen molar-refractivity contribution < 1.29 is 24.6 Å². The number of anilines is 1. The highest BCUT2D eigenvalue weighted by atomic mass is 35.5. The van der Waals surface area contributed by atoms with E-state index in [4.69, 9.17) is 54.6 Å². The highest BCUT2D eigenvalue weighted by molar-refractivity contribution is 6.38. The smallest absolute Gasteiger partial charge is 0.414 e. The minimum Gasteiger partial charge on any atom is -0.473 e. The molecule has 0 radical (unpaired) electrons. The van der Waals surface area contributed by atoms with Crippen LogP contribution in [0.4, 0.5) is 5.69 Å². The van der Waals surface area contributed by atoms with Gasteiger partial charge in [0, 0.05) is 54.5 Å². The lowest BCUT2D eigenvalue weighted by atomic mass is 10.2. The van der Waals surface area contributed by atoms with Crippen LogP contribution in [0, 0.1) is 0 Å². The Labute approximate surface area is 232 Å². The molecule has 202 valence electrons. The van der Waals surface area contributed by atoms with E-state index < -0.39 is 11.9 Å². The first kappa shape index (κ1) is 29.2. The third kappa shape index (κ3) is 8.09. The number of nitrogens with zero attached hydrogens (tertiary/aromatic N) is 2. The number of halogens is 3. The van der Waals surface area contributed by atoms with Gasteiger partial charge in [-0.2, -0.15) is 0 Å². The largest absolute Gasteiger partial charge is 0.473 e. The van der Waals surface area contributed by atoms with Gasteiger partial charge in [0.2, 0.25) is 0 Å². The van der Waals surface area contributed by atoms with Gasteiger partial charge in [-0.1, -0.05) is 40.9 Å². The first-order chi connectivity index (χ1) is 18.0. The molecule has 4 rings (SSSR count). The molecule has 2 aromatic carbocycles. The second kappa shape index (κ2) is 13.5. The van der Waals surface area contributed by atoms with Crippen LogP contribution >= 0.6 is 34.8 Å². The van der Waals surface area contributed by atoms with Gasteiger partial charge in [-0.15, -0.1) is 0 Å². The van der Waals surface area contributed by atoms with Gasteiger partial charge >= 0.3 is 11.9 Å². The Bertz CT molecular complexity index is 1380. The Balaban J connectivity index is 0.000000599. The van der Waals surface area contributed by atoms with Crippen LogP contribution in [0.5, 0.6) is 0 Å². The van der Waals surface area contributed by atoms with E-state index >= 15 is 0 Å². The van der Waals surface area contributed by atoms with E-state index in [9.17, 15) is 9.59 Å². The van der Waals surface area contributed by atoms with Crippen LogP contribution in [-0.4, -0.2) is 77.2 Å². The molecule has 0 bridgehead atoms. The van der Waals surface area contributed by atoms with Gasteiger partial charge in [-0.25, -0.2) is 9.59 Å². The van der Waals surface area contributed by atoms with Crippen LogP contribution in [0.2, 0.25) is 15.1 Å². The predicted octanol–water partition coefficient (Wildman–Crippen LogP) is 3.59. The number of amides is 1. The maximum Gasteiger partial charge on any atom is 0.414 e. The van der Waals surface area contributed by atoms with Gasteiger partial charge in [0.15, 0.2) is 5.43 Å². The first-order valence-corrected chi connectivity index (χ1v) is 12.7. The first-order valence-electron chi connectivity index (χ1n) is 11.5. The topological polar surface area (TPSA) is 143 Å². The highest BCUT2D eigenvalue weighted by Gasteiger charge is 2.17. The van der Waals surface area contributed by atoms with E-state index in [1.54, 1.807) is 6.07 Å². The SMILES string of the molecule is O=C(NCCCN1CCN(c2cccc(Cl)c2)CC1)c1cc(=O)c2c(Cl)cc(Cl)cc2[nH]1.O=C(O)C(=O)O. The number of hydrogen-bond donors (Lipinski definition) is 4. The van der Waals surface area contributed by atoms with E-state index in [0.29, 0.717) is 22.5 Å². The maximum atomic E-state index is 12.5. The molecule has 0 saturated carbocycles. The zero-order valence-electron chi connectivity index (χ0n) is 20.0. The number of rotatable bonds is 6. The minimum atomic E-state index is -1.82. The Hall–Kier alpha value is -3.31. The number of carbonyl (C=O) groups excluding carboxylic acids is 1. The number of H-pyrrole nitrogens is 1. The Morgan fingerprint density at radius 2 is 1.61 bits per heavy atom. The molecule has 1 aliphatic rings. The number of carboxylic acids is 2. The number of aromatic amines is 1. The fraction of sp³-hybridized carbons (Fsp3) is 0.280. The number of piperazine rings is 1. The Morgan fingerprint density at radius 3 is 2.24 bits per heavy atom. The number of carboxylic acid groups (broad SMARTS) is 2. The van der Waals surface area contributed by atoms with Crippen molar-refractivity contribution in [2.45, 2.75) is 6.42 Å². The lowest BCUT2D eigenvalue weighted by Crippen LogP contribution is -2.47. The lowest BCUT2D eigenvalue weighted by molar-refractivity contribution is -0.159. The standard InChI is InChI=1S/C23H23Cl3N4O2.C2H2O4/c24-15-3-1-4-17(11-15)30-9-7-29(8-10-30)6-2-5-27-23(32)20-14-21(31)22-18(26)12-16(25)13-19(22)28-20;3-1(4)2(5)6/h1,3-4,11-14H,2,5-10H2,(H,27,32)(H,28,31);(H,3,4)(H,5,6). The van der Waals surface area contributed by atoms with Crippen molar-refractivity contribution in [3.05, 3.63) is 73.4 Å². The van der Waals surface area contributed by atoms with Gasteiger partial charge in [0.05, 0.1) is 15.9 Å². The van der Waals surface area contributed by atoms with Crippen molar-refractivity contribution in [2.75, 3.05) is 44.2 Å². The lowest BCUT2D eigenvalue weighted by Gasteiger charge is -2.36. The predicted molar refractivity (Wildman–Crippen MR) is 147 cm³/mol. The van der Waals surface area contributed by atoms with E-state index in [1.807, 2.05) is 18.2 Å². The molecule has 1 aliphatic heterocycles. The second-order valence-electron chi connectivity index (χ2n) is 8.39. The van der Waals surface area contributed by atoms with Gasteiger partial charge in [0.25, 0.3) is 5.91 Å². The van der Waals surface area contributed by atoms with E-state index in [0.717, 1.165) is 49.9 Å². The van der Waals surface area contributed by atoms with E-state index in [2.05, 4.69) is 26.2 Å².